The molecule has 1 aliphatic carbocycles. The number of rotatable bonds is 2. The summed E-state index contributed by atoms with van der Waals surface area (Å²) in [4.78, 5) is 23.8. The first-order valence-electron chi connectivity index (χ1n) is 6.07. The average molecular weight is 250 g/mol. The standard InChI is InChI=1S/C13H18N2O3/c1-7-5-9(13(14)17)11(12(16)8(7)2)10-6-15-3-4-18-10/h5,10-11,15H,3-4,6H2,1-2H3,(H2,14,17). The molecule has 0 aromatic heterocycles. The number of nitrogens with two attached hydrogens (primary N) is 1. The van der Waals surface area contributed by atoms with Gasteiger partial charge in [0.2, 0.25) is 5.91 Å². The Kier molecular flexibility index (Phi) is 3.63. The molecule has 1 heterocycles. The van der Waals surface area contributed by atoms with Crippen LogP contribution in [0, 0.1) is 5.92 Å². The molecule has 0 aromatic rings. The highest BCUT2D eigenvalue weighted by molar-refractivity contribution is 6.09. The van der Waals surface area contributed by atoms with Gasteiger partial charge in [0.05, 0.1) is 18.6 Å². The molecule has 98 valence electrons. The first kappa shape index (κ1) is 13.0. The number of ether oxygens (including phenoxy) is 1. The minimum absolute atomic E-state index is 0.0579. The fourth-order valence-electron chi connectivity index (χ4n) is 2.39. The number of hydrogen-bond acceptors (Lipinski definition) is 4. The van der Waals surface area contributed by atoms with Crippen molar-refractivity contribution in [2.24, 2.45) is 11.7 Å². The van der Waals surface area contributed by atoms with E-state index >= 15 is 0 Å². The van der Waals surface area contributed by atoms with Crippen molar-refractivity contribution in [3.63, 3.8) is 0 Å². The molecule has 2 unspecified atom stereocenters. The van der Waals surface area contributed by atoms with E-state index in [1.165, 1.54) is 0 Å². The number of carbonyl (C=O) groups excluding carboxylic acids is 2. The minimum Gasteiger partial charge on any atom is -0.374 e. The summed E-state index contributed by atoms with van der Waals surface area (Å²) in [5.74, 6) is -1.18. The molecular formula is C13H18N2O3. The molecule has 0 bridgehead atoms. The summed E-state index contributed by atoms with van der Waals surface area (Å²) in [5, 5.41) is 3.17. The summed E-state index contributed by atoms with van der Waals surface area (Å²) in [6.07, 6.45) is 1.40. The largest absolute Gasteiger partial charge is 0.374 e. The lowest BCUT2D eigenvalue weighted by atomic mass is 9.79. The molecule has 1 amide bonds. The van der Waals surface area contributed by atoms with E-state index in [-0.39, 0.29) is 11.9 Å². The third-order valence-electron chi connectivity index (χ3n) is 3.56. The molecule has 2 atom stereocenters. The second-order valence-electron chi connectivity index (χ2n) is 4.73. The van der Waals surface area contributed by atoms with Crippen molar-refractivity contribution in [2.75, 3.05) is 19.7 Å². The van der Waals surface area contributed by atoms with E-state index in [0.717, 1.165) is 12.1 Å². The number of ketones is 1. The van der Waals surface area contributed by atoms with Gasteiger partial charge in [0.15, 0.2) is 5.78 Å². The predicted molar refractivity (Wildman–Crippen MR) is 66.8 cm³/mol. The Bertz CT molecular complexity index is 445. The normalized spacial score (nSPS) is 29.2. The van der Waals surface area contributed by atoms with Crippen LogP contribution in [-0.4, -0.2) is 37.5 Å². The first-order chi connectivity index (χ1) is 8.52. The Morgan fingerprint density at radius 2 is 2.22 bits per heavy atom. The van der Waals surface area contributed by atoms with Crippen molar-refractivity contribution >= 4 is 11.7 Å². The number of amides is 1. The lowest BCUT2D eigenvalue weighted by molar-refractivity contribution is -0.127. The summed E-state index contributed by atoms with van der Waals surface area (Å²) in [5.41, 5.74) is 7.21. The number of Topliss-reactive ketones (excluding diaryl/α,β-unsaturated/α-hetero) is 1. The van der Waals surface area contributed by atoms with E-state index in [9.17, 15) is 9.59 Å². The quantitative estimate of drug-likeness (QED) is 0.718. The Morgan fingerprint density at radius 1 is 1.50 bits per heavy atom. The third kappa shape index (κ3) is 2.23. The molecule has 2 rings (SSSR count). The van der Waals surface area contributed by atoms with Gasteiger partial charge in [0, 0.05) is 18.7 Å². The number of nitrogens with one attached hydrogen (secondary N) is 1. The van der Waals surface area contributed by atoms with Crippen molar-refractivity contribution in [1.82, 2.24) is 5.32 Å². The molecule has 2 aliphatic rings. The summed E-state index contributed by atoms with van der Waals surface area (Å²) in [6.45, 7) is 5.46. The lowest BCUT2D eigenvalue weighted by Gasteiger charge is -2.33. The van der Waals surface area contributed by atoms with Crippen molar-refractivity contribution < 1.29 is 14.3 Å². The molecule has 0 spiro atoms. The number of morpholine rings is 1. The van der Waals surface area contributed by atoms with Crippen LogP contribution in [0.2, 0.25) is 0 Å². The van der Waals surface area contributed by atoms with Crippen molar-refractivity contribution in [1.29, 1.82) is 0 Å². The molecule has 1 aliphatic heterocycles. The van der Waals surface area contributed by atoms with E-state index in [1.807, 2.05) is 6.92 Å². The molecule has 18 heavy (non-hydrogen) atoms. The molecule has 1 fully saturated rings. The van der Waals surface area contributed by atoms with E-state index in [4.69, 9.17) is 10.5 Å². The van der Waals surface area contributed by atoms with Crippen LogP contribution in [0.25, 0.3) is 0 Å². The van der Waals surface area contributed by atoms with E-state index in [1.54, 1.807) is 13.0 Å². The predicted octanol–water partition coefficient (Wildman–Crippen LogP) is -0.0782. The van der Waals surface area contributed by atoms with Gasteiger partial charge in [-0.3, -0.25) is 9.59 Å². The Morgan fingerprint density at radius 3 is 2.78 bits per heavy atom. The van der Waals surface area contributed by atoms with Crippen LogP contribution in [0.5, 0.6) is 0 Å². The Hall–Kier alpha value is -1.46. The maximum atomic E-state index is 12.3. The molecule has 0 radical (unpaired) electrons. The number of carbonyl (C=O) groups is 2. The number of allylic oxidation sites excluding steroid dienone is 3. The Labute approximate surface area is 106 Å². The van der Waals surface area contributed by atoms with Crippen LogP contribution in [-0.2, 0) is 14.3 Å². The third-order valence-corrected chi connectivity index (χ3v) is 3.56. The average Bonchev–Trinajstić information content (AvgIpc) is 2.36. The summed E-state index contributed by atoms with van der Waals surface area (Å²) in [6, 6.07) is 0. The van der Waals surface area contributed by atoms with Crippen molar-refractivity contribution in [3.8, 4) is 0 Å². The van der Waals surface area contributed by atoms with Gasteiger partial charge in [0.1, 0.15) is 0 Å². The minimum atomic E-state index is -0.570. The van der Waals surface area contributed by atoms with Gasteiger partial charge in [-0.25, -0.2) is 0 Å². The van der Waals surface area contributed by atoms with Crippen LogP contribution in [0.3, 0.4) is 0 Å². The zero-order chi connectivity index (χ0) is 13.3. The highest BCUT2D eigenvalue weighted by Gasteiger charge is 2.38. The molecule has 0 aromatic carbocycles. The second kappa shape index (κ2) is 5.04. The topological polar surface area (TPSA) is 81.4 Å². The first-order valence-corrected chi connectivity index (χ1v) is 6.07. The smallest absolute Gasteiger partial charge is 0.245 e. The van der Waals surface area contributed by atoms with Gasteiger partial charge in [-0.1, -0.05) is 0 Å². The SMILES string of the molecule is CC1=C(C)C(=O)C(C2CNCCO2)C(C(N)=O)=C1. The van der Waals surface area contributed by atoms with Crippen LogP contribution in [0.15, 0.2) is 22.8 Å². The fourth-order valence-corrected chi connectivity index (χ4v) is 2.39. The molecule has 3 N–H and O–H groups in total. The van der Waals surface area contributed by atoms with Gasteiger partial charge < -0.3 is 15.8 Å². The zero-order valence-electron chi connectivity index (χ0n) is 10.7. The highest BCUT2D eigenvalue weighted by Crippen LogP contribution is 2.30. The van der Waals surface area contributed by atoms with E-state index in [2.05, 4.69) is 5.32 Å². The van der Waals surface area contributed by atoms with Gasteiger partial charge in [0.25, 0.3) is 0 Å². The molecule has 5 nitrogen and oxygen atoms in total. The maximum absolute atomic E-state index is 12.3. The van der Waals surface area contributed by atoms with Crippen LogP contribution < -0.4 is 11.1 Å². The lowest BCUT2D eigenvalue weighted by Crippen LogP contribution is -2.48. The van der Waals surface area contributed by atoms with E-state index in [0.29, 0.717) is 24.3 Å². The fraction of sp³-hybridized carbons (Fsp3) is 0.538. The number of hydrogen-bond donors (Lipinski definition) is 2. The van der Waals surface area contributed by atoms with Gasteiger partial charge in [-0.05, 0) is 31.1 Å². The van der Waals surface area contributed by atoms with Gasteiger partial charge >= 0.3 is 0 Å². The molecule has 0 saturated carbocycles. The summed E-state index contributed by atoms with van der Waals surface area (Å²) >= 11 is 0. The van der Waals surface area contributed by atoms with Crippen LogP contribution in [0.1, 0.15) is 13.8 Å². The summed E-state index contributed by atoms with van der Waals surface area (Å²) in [7, 11) is 0. The van der Waals surface area contributed by atoms with Crippen LogP contribution >= 0.6 is 0 Å². The molecule has 5 heteroatoms. The monoisotopic (exact) mass is 250 g/mol. The van der Waals surface area contributed by atoms with Crippen molar-refractivity contribution in [2.45, 2.75) is 20.0 Å². The summed E-state index contributed by atoms with van der Waals surface area (Å²) < 4.78 is 5.60. The zero-order valence-corrected chi connectivity index (χ0v) is 10.7. The molecule has 1 saturated heterocycles. The second-order valence-corrected chi connectivity index (χ2v) is 4.73. The Balaban J connectivity index is 2.35. The van der Waals surface area contributed by atoms with Gasteiger partial charge in [-0.15, -0.1) is 0 Å². The maximum Gasteiger partial charge on any atom is 0.245 e. The number of primary amides is 1. The van der Waals surface area contributed by atoms with Crippen molar-refractivity contribution in [3.05, 3.63) is 22.8 Å². The highest BCUT2D eigenvalue weighted by atomic mass is 16.5. The van der Waals surface area contributed by atoms with Crippen LogP contribution in [0.4, 0.5) is 0 Å². The van der Waals surface area contributed by atoms with E-state index < -0.39 is 11.8 Å². The van der Waals surface area contributed by atoms with Gasteiger partial charge in [-0.2, -0.15) is 0 Å². The molecular weight excluding hydrogens is 232 g/mol.